The van der Waals surface area contributed by atoms with Crippen LogP contribution in [0.2, 0.25) is 0 Å². The number of aryl methyl sites for hydroxylation is 3. The van der Waals surface area contributed by atoms with Crippen molar-refractivity contribution >= 4 is 15.9 Å². The number of carbonyl (C=O) groups excluding carboxylic acids is 1. The highest BCUT2D eigenvalue weighted by Crippen LogP contribution is 2.22. The minimum Gasteiger partial charge on any atom is -0.379 e. The molecule has 0 aromatic heterocycles. The number of morpholine rings is 1. The molecule has 1 fully saturated rings. The molecule has 0 saturated carbocycles. The van der Waals surface area contributed by atoms with Gasteiger partial charge in [-0.05, 0) is 62.1 Å². The van der Waals surface area contributed by atoms with Crippen molar-refractivity contribution < 1.29 is 17.9 Å². The van der Waals surface area contributed by atoms with Crippen LogP contribution < -0.4 is 5.32 Å². The van der Waals surface area contributed by atoms with E-state index in [1.165, 1.54) is 21.5 Å². The zero-order chi connectivity index (χ0) is 21.2. The van der Waals surface area contributed by atoms with Gasteiger partial charge in [-0.2, -0.15) is 4.31 Å². The van der Waals surface area contributed by atoms with Gasteiger partial charge in [0.05, 0.1) is 24.2 Å². The first-order chi connectivity index (χ1) is 13.7. The van der Waals surface area contributed by atoms with Gasteiger partial charge in [-0.3, -0.25) is 4.79 Å². The largest absolute Gasteiger partial charge is 0.379 e. The topological polar surface area (TPSA) is 75.7 Å². The van der Waals surface area contributed by atoms with Crippen molar-refractivity contribution in [2.45, 2.75) is 38.6 Å². The fourth-order valence-electron chi connectivity index (χ4n) is 3.33. The third-order valence-electron chi connectivity index (χ3n) is 5.44. The fraction of sp³-hybridized carbons (Fsp3) is 0.409. The third-order valence-corrected chi connectivity index (χ3v) is 7.33. The molecule has 29 heavy (non-hydrogen) atoms. The second-order valence-electron chi connectivity index (χ2n) is 7.53. The van der Waals surface area contributed by atoms with Gasteiger partial charge in [-0.25, -0.2) is 8.42 Å². The number of hydrogen-bond acceptors (Lipinski definition) is 4. The molecule has 1 aliphatic rings. The summed E-state index contributed by atoms with van der Waals surface area (Å²) in [6.45, 7) is 9.22. The Morgan fingerprint density at radius 2 is 1.66 bits per heavy atom. The summed E-state index contributed by atoms with van der Waals surface area (Å²) in [5, 5.41) is 2.99. The Kier molecular flexibility index (Phi) is 6.41. The summed E-state index contributed by atoms with van der Waals surface area (Å²) in [7, 11) is -3.65. The Hall–Kier alpha value is -2.22. The van der Waals surface area contributed by atoms with Crippen molar-refractivity contribution in [3.63, 3.8) is 0 Å². The highest BCUT2D eigenvalue weighted by atomic mass is 32.2. The molecule has 0 spiro atoms. The van der Waals surface area contributed by atoms with Crippen LogP contribution in [0.4, 0.5) is 0 Å². The fourth-order valence-corrected chi connectivity index (χ4v) is 4.77. The molecule has 0 aliphatic carbocycles. The van der Waals surface area contributed by atoms with Crippen LogP contribution in [0.5, 0.6) is 0 Å². The van der Waals surface area contributed by atoms with Crippen LogP contribution in [0.25, 0.3) is 0 Å². The summed E-state index contributed by atoms with van der Waals surface area (Å²) in [6.07, 6.45) is 0. The standard InChI is InChI=1S/C22H28N2O4S/c1-15-5-7-19(13-17(15)3)18(4)23-22(25)21-14-20(8-6-16(21)2)29(26,27)24-9-11-28-12-10-24/h5-8,13-14,18H,9-12H2,1-4H3,(H,23,25)/t18-/m1/s1. The summed E-state index contributed by atoms with van der Waals surface area (Å²) < 4.78 is 32.5. The Morgan fingerprint density at radius 3 is 2.31 bits per heavy atom. The van der Waals surface area contributed by atoms with Gasteiger partial charge in [0, 0.05) is 18.7 Å². The lowest BCUT2D eigenvalue weighted by molar-refractivity contribution is 0.0730. The van der Waals surface area contributed by atoms with Crippen molar-refractivity contribution in [1.82, 2.24) is 9.62 Å². The second-order valence-corrected chi connectivity index (χ2v) is 9.47. The van der Waals surface area contributed by atoms with E-state index in [1.807, 2.05) is 32.9 Å². The van der Waals surface area contributed by atoms with Gasteiger partial charge in [-0.1, -0.05) is 24.3 Å². The molecule has 1 heterocycles. The zero-order valence-corrected chi connectivity index (χ0v) is 18.2. The van der Waals surface area contributed by atoms with E-state index in [0.29, 0.717) is 31.9 Å². The number of carbonyl (C=O) groups is 1. The van der Waals surface area contributed by atoms with Crippen LogP contribution in [-0.4, -0.2) is 44.9 Å². The number of nitrogens with one attached hydrogen (secondary N) is 1. The minimum atomic E-state index is -3.65. The zero-order valence-electron chi connectivity index (χ0n) is 17.4. The average molecular weight is 417 g/mol. The quantitative estimate of drug-likeness (QED) is 0.813. The molecule has 7 heteroatoms. The maximum absolute atomic E-state index is 12.9. The Balaban J connectivity index is 1.83. The van der Waals surface area contributed by atoms with Crippen LogP contribution >= 0.6 is 0 Å². The van der Waals surface area contributed by atoms with Crippen LogP contribution in [-0.2, 0) is 14.8 Å². The van der Waals surface area contributed by atoms with Crippen LogP contribution in [0.1, 0.15) is 45.6 Å². The van der Waals surface area contributed by atoms with E-state index in [4.69, 9.17) is 4.74 Å². The number of benzene rings is 2. The molecule has 0 radical (unpaired) electrons. The SMILES string of the molecule is Cc1ccc([C@@H](C)NC(=O)c2cc(S(=O)(=O)N3CCOCC3)ccc2C)cc1C. The molecule has 3 rings (SSSR count). The smallest absolute Gasteiger partial charge is 0.252 e. The summed E-state index contributed by atoms with van der Waals surface area (Å²) in [4.78, 5) is 13.1. The summed E-state index contributed by atoms with van der Waals surface area (Å²) in [5.41, 5.74) is 4.48. The van der Waals surface area contributed by atoms with Gasteiger partial charge in [0.2, 0.25) is 10.0 Å². The molecular formula is C22H28N2O4S. The predicted octanol–water partition coefficient (Wildman–Crippen LogP) is 3.12. The number of sulfonamides is 1. The molecule has 1 atom stereocenters. The lowest BCUT2D eigenvalue weighted by Crippen LogP contribution is -2.40. The van der Waals surface area contributed by atoms with Crippen molar-refractivity contribution in [3.8, 4) is 0 Å². The van der Waals surface area contributed by atoms with Gasteiger partial charge in [0.15, 0.2) is 0 Å². The monoisotopic (exact) mass is 416 g/mol. The van der Waals surface area contributed by atoms with Gasteiger partial charge in [-0.15, -0.1) is 0 Å². The number of hydrogen-bond donors (Lipinski definition) is 1. The van der Waals surface area contributed by atoms with E-state index in [9.17, 15) is 13.2 Å². The number of ether oxygens (including phenoxy) is 1. The molecule has 0 unspecified atom stereocenters. The Morgan fingerprint density at radius 1 is 1.00 bits per heavy atom. The van der Waals surface area contributed by atoms with E-state index in [-0.39, 0.29) is 16.8 Å². The van der Waals surface area contributed by atoms with Crippen molar-refractivity contribution in [2.75, 3.05) is 26.3 Å². The number of nitrogens with zero attached hydrogens (tertiary/aromatic N) is 1. The predicted molar refractivity (Wildman–Crippen MR) is 113 cm³/mol. The molecule has 2 aromatic carbocycles. The van der Waals surface area contributed by atoms with E-state index in [1.54, 1.807) is 19.1 Å². The van der Waals surface area contributed by atoms with Crippen molar-refractivity contribution in [2.24, 2.45) is 0 Å². The van der Waals surface area contributed by atoms with Gasteiger partial charge in [0.1, 0.15) is 0 Å². The first kappa shape index (κ1) is 21.5. The summed E-state index contributed by atoms with van der Waals surface area (Å²) in [6, 6.07) is 10.6. The molecule has 6 nitrogen and oxygen atoms in total. The molecule has 1 saturated heterocycles. The van der Waals surface area contributed by atoms with Crippen molar-refractivity contribution in [3.05, 3.63) is 64.2 Å². The van der Waals surface area contributed by atoms with E-state index in [0.717, 1.165) is 11.1 Å². The van der Waals surface area contributed by atoms with Gasteiger partial charge >= 0.3 is 0 Å². The molecule has 1 amide bonds. The van der Waals surface area contributed by atoms with Crippen molar-refractivity contribution in [1.29, 1.82) is 0 Å². The van der Waals surface area contributed by atoms with Crippen LogP contribution in [0, 0.1) is 20.8 Å². The number of amides is 1. The normalized spacial score (nSPS) is 16.4. The molecule has 1 N–H and O–H groups in total. The molecule has 156 valence electrons. The van der Waals surface area contributed by atoms with E-state index >= 15 is 0 Å². The lowest BCUT2D eigenvalue weighted by atomic mass is 10.0. The molecule has 2 aromatic rings. The summed E-state index contributed by atoms with van der Waals surface area (Å²) in [5.74, 6) is -0.285. The highest BCUT2D eigenvalue weighted by Gasteiger charge is 2.27. The third kappa shape index (κ3) is 4.69. The Bertz CT molecular complexity index is 1010. The van der Waals surface area contributed by atoms with E-state index < -0.39 is 10.0 Å². The Labute approximate surface area is 172 Å². The molecule has 0 bridgehead atoms. The molecule has 1 aliphatic heterocycles. The van der Waals surface area contributed by atoms with Gasteiger partial charge in [0.25, 0.3) is 5.91 Å². The van der Waals surface area contributed by atoms with E-state index in [2.05, 4.69) is 11.4 Å². The number of rotatable bonds is 5. The van der Waals surface area contributed by atoms with Gasteiger partial charge < -0.3 is 10.1 Å². The maximum atomic E-state index is 12.9. The minimum absolute atomic E-state index is 0.133. The summed E-state index contributed by atoms with van der Waals surface area (Å²) >= 11 is 0. The first-order valence-electron chi connectivity index (χ1n) is 9.76. The lowest BCUT2D eigenvalue weighted by Gasteiger charge is -2.26. The maximum Gasteiger partial charge on any atom is 0.252 e. The molecular weight excluding hydrogens is 388 g/mol. The average Bonchev–Trinajstić information content (AvgIpc) is 2.70. The second kappa shape index (κ2) is 8.65. The highest BCUT2D eigenvalue weighted by molar-refractivity contribution is 7.89. The van der Waals surface area contributed by atoms with Crippen LogP contribution in [0.3, 0.4) is 0 Å². The first-order valence-corrected chi connectivity index (χ1v) is 11.2. The van der Waals surface area contributed by atoms with Crippen LogP contribution in [0.15, 0.2) is 41.3 Å².